The quantitative estimate of drug-likeness (QED) is 0.677. The highest BCUT2D eigenvalue weighted by atomic mass is 79.9. The number of benzene rings is 2. The average Bonchev–Trinajstić information content (AvgIpc) is 3.09. The van der Waals surface area contributed by atoms with E-state index in [1.807, 2.05) is 62.4 Å². The van der Waals surface area contributed by atoms with Crippen LogP contribution >= 0.6 is 15.9 Å². The lowest BCUT2D eigenvalue weighted by Gasteiger charge is -2.48. The van der Waals surface area contributed by atoms with E-state index in [9.17, 15) is 9.90 Å². The summed E-state index contributed by atoms with van der Waals surface area (Å²) in [6.07, 6.45) is 0.468. The lowest BCUT2D eigenvalue weighted by atomic mass is 9.77. The number of cyclic esters (lactones) is 1. The van der Waals surface area contributed by atoms with Crippen LogP contribution < -0.4 is 5.73 Å². The molecule has 28 heavy (non-hydrogen) atoms. The molecule has 3 N–H and O–H groups in total. The van der Waals surface area contributed by atoms with Crippen LogP contribution in [-0.4, -0.2) is 33.8 Å². The molecule has 1 unspecified atom stereocenters. The van der Waals surface area contributed by atoms with Crippen molar-refractivity contribution < 1.29 is 14.6 Å². The van der Waals surface area contributed by atoms with Gasteiger partial charge in [-0.25, -0.2) is 4.79 Å². The minimum Gasteiger partial charge on any atom is -0.443 e. The van der Waals surface area contributed by atoms with E-state index in [1.165, 1.54) is 0 Å². The van der Waals surface area contributed by atoms with Crippen LogP contribution in [0.4, 0.5) is 10.5 Å². The molecule has 2 heterocycles. The summed E-state index contributed by atoms with van der Waals surface area (Å²) in [6, 6.07) is 15.1. The standard InChI is InChI=1S/C22H25BrN2O3/c1-22(2)19(14-8-9-16(24)15(23)12-14)17-10-11-18(25(17)21(27)28-22)20(26)13-6-4-3-5-7-13/h3-9,12,17-20,26H,10-11,24H2,1-2H3/t17-,18+,19?,20+/m0/s1. The number of carbonyl (C=O) groups excluding carboxylic acids is 1. The smallest absolute Gasteiger partial charge is 0.410 e. The van der Waals surface area contributed by atoms with E-state index in [0.29, 0.717) is 5.69 Å². The van der Waals surface area contributed by atoms with E-state index < -0.39 is 11.7 Å². The van der Waals surface area contributed by atoms with Crippen molar-refractivity contribution in [2.45, 2.75) is 56.4 Å². The number of halogens is 1. The predicted molar refractivity (Wildman–Crippen MR) is 112 cm³/mol. The molecular formula is C22H25BrN2O3. The van der Waals surface area contributed by atoms with Gasteiger partial charge in [-0.2, -0.15) is 0 Å². The second-order valence-electron chi connectivity index (χ2n) is 8.20. The van der Waals surface area contributed by atoms with Crippen molar-refractivity contribution >= 4 is 27.7 Å². The van der Waals surface area contributed by atoms with Gasteiger partial charge in [0.2, 0.25) is 0 Å². The molecule has 5 nitrogen and oxygen atoms in total. The lowest BCUT2D eigenvalue weighted by molar-refractivity contribution is -0.0751. The zero-order chi connectivity index (χ0) is 20.1. The maximum Gasteiger partial charge on any atom is 0.410 e. The SMILES string of the molecule is CC1(C)OC(=O)N2[C@@H]([C@H](O)c3ccccc3)CC[C@H]2C1c1ccc(N)c(Br)c1. The third kappa shape index (κ3) is 3.18. The summed E-state index contributed by atoms with van der Waals surface area (Å²) >= 11 is 3.51. The summed E-state index contributed by atoms with van der Waals surface area (Å²) < 4.78 is 6.71. The van der Waals surface area contributed by atoms with Gasteiger partial charge >= 0.3 is 6.09 Å². The maximum absolute atomic E-state index is 12.9. The highest BCUT2D eigenvalue weighted by Crippen LogP contribution is 2.49. The molecule has 2 aromatic rings. The molecular weight excluding hydrogens is 420 g/mol. The number of ether oxygens (including phenoxy) is 1. The van der Waals surface area contributed by atoms with E-state index in [1.54, 1.807) is 4.90 Å². The van der Waals surface area contributed by atoms with Crippen LogP contribution in [0.2, 0.25) is 0 Å². The molecule has 0 aliphatic carbocycles. The molecule has 2 saturated heterocycles. The van der Waals surface area contributed by atoms with Gasteiger partial charge in [0.1, 0.15) is 5.60 Å². The van der Waals surface area contributed by atoms with Crippen LogP contribution in [0.1, 0.15) is 49.8 Å². The zero-order valence-corrected chi connectivity index (χ0v) is 17.6. The topological polar surface area (TPSA) is 75.8 Å². The first-order valence-corrected chi connectivity index (χ1v) is 10.4. The van der Waals surface area contributed by atoms with Crippen molar-refractivity contribution in [2.24, 2.45) is 0 Å². The minimum atomic E-state index is -0.737. The van der Waals surface area contributed by atoms with Crippen LogP contribution in [0.5, 0.6) is 0 Å². The molecule has 2 fully saturated rings. The van der Waals surface area contributed by atoms with Gasteiger partial charge in [-0.1, -0.05) is 36.4 Å². The predicted octanol–water partition coefficient (Wildman–Crippen LogP) is 4.61. The maximum atomic E-state index is 12.9. The van der Waals surface area contributed by atoms with Gasteiger partial charge in [0.15, 0.2) is 0 Å². The third-order valence-electron chi connectivity index (χ3n) is 6.06. The number of nitrogens with two attached hydrogens (primary N) is 1. The summed E-state index contributed by atoms with van der Waals surface area (Å²) in [6.45, 7) is 3.91. The van der Waals surface area contributed by atoms with Crippen LogP contribution in [0.3, 0.4) is 0 Å². The first-order valence-electron chi connectivity index (χ1n) is 9.59. The molecule has 4 rings (SSSR count). The summed E-state index contributed by atoms with van der Waals surface area (Å²) in [5.41, 5.74) is 7.88. The number of hydrogen-bond donors (Lipinski definition) is 2. The Kier molecular flexibility index (Phi) is 4.88. The number of nitrogen functional groups attached to an aromatic ring is 1. The van der Waals surface area contributed by atoms with E-state index in [2.05, 4.69) is 15.9 Å². The average molecular weight is 445 g/mol. The number of fused-ring (bicyclic) bond motifs is 1. The van der Waals surface area contributed by atoms with E-state index >= 15 is 0 Å². The fraction of sp³-hybridized carbons (Fsp3) is 0.409. The Bertz CT molecular complexity index is 887. The molecule has 0 bridgehead atoms. The molecule has 148 valence electrons. The highest BCUT2D eigenvalue weighted by molar-refractivity contribution is 9.10. The number of rotatable bonds is 3. The van der Waals surface area contributed by atoms with E-state index in [0.717, 1.165) is 28.4 Å². The Labute approximate surface area is 173 Å². The van der Waals surface area contributed by atoms with Gasteiger partial charge in [-0.3, -0.25) is 4.90 Å². The van der Waals surface area contributed by atoms with Gasteiger partial charge < -0.3 is 15.6 Å². The Morgan fingerprint density at radius 2 is 1.93 bits per heavy atom. The van der Waals surface area contributed by atoms with E-state index in [4.69, 9.17) is 10.5 Å². The molecule has 4 atom stereocenters. The molecule has 0 aromatic heterocycles. The monoisotopic (exact) mass is 444 g/mol. The summed E-state index contributed by atoms with van der Waals surface area (Å²) in [5, 5.41) is 11.0. The van der Waals surface area contributed by atoms with Gasteiger partial charge in [0.25, 0.3) is 0 Å². The normalized spacial score (nSPS) is 27.2. The number of hydrogen-bond acceptors (Lipinski definition) is 4. The van der Waals surface area contributed by atoms with Gasteiger partial charge in [0, 0.05) is 22.1 Å². The molecule has 2 aliphatic heterocycles. The number of nitrogens with zero attached hydrogens (tertiary/aromatic N) is 1. The first-order chi connectivity index (χ1) is 13.3. The second kappa shape index (κ2) is 7.08. The largest absolute Gasteiger partial charge is 0.443 e. The molecule has 6 heteroatoms. The molecule has 2 aliphatic rings. The fourth-order valence-electron chi connectivity index (χ4n) is 4.81. The van der Waals surface area contributed by atoms with Crippen molar-refractivity contribution in [3.63, 3.8) is 0 Å². The Morgan fingerprint density at radius 1 is 1.21 bits per heavy atom. The molecule has 1 amide bonds. The number of aliphatic hydroxyl groups excluding tert-OH is 1. The zero-order valence-electron chi connectivity index (χ0n) is 16.0. The fourth-order valence-corrected chi connectivity index (χ4v) is 5.21. The minimum absolute atomic E-state index is 0.0185. The second-order valence-corrected chi connectivity index (χ2v) is 9.06. The molecule has 0 saturated carbocycles. The van der Waals surface area contributed by atoms with Gasteiger partial charge in [-0.15, -0.1) is 0 Å². The number of aliphatic hydroxyl groups is 1. The van der Waals surface area contributed by atoms with Crippen molar-refractivity contribution in [1.82, 2.24) is 4.90 Å². The number of carbonyl (C=O) groups is 1. The third-order valence-corrected chi connectivity index (χ3v) is 6.74. The van der Waals surface area contributed by atoms with Crippen LogP contribution in [0, 0.1) is 0 Å². The molecule has 0 radical (unpaired) electrons. The van der Waals surface area contributed by atoms with Gasteiger partial charge in [-0.05, 0) is 65.9 Å². The van der Waals surface area contributed by atoms with Crippen molar-refractivity contribution in [2.75, 3.05) is 5.73 Å². The molecule has 0 spiro atoms. The number of amides is 1. The summed E-state index contributed by atoms with van der Waals surface area (Å²) in [5.74, 6) is -0.0185. The Morgan fingerprint density at radius 3 is 2.61 bits per heavy atom. The first kappa shape index (κ1) is 19.3. The van der Waals surface area contributed by atoms with Crippen molar-refractivity contribution in [3.8, 4) is 0 Å². The van der Waals surface area contributed by atoms with E-state index in [-0.39, 0.29) is 24.1 Å². The van der Waals surface area contributed by atoms with Crippen LogP contribution in [-0.2, 0) is 4.74 Å². The number of anilines is 1. The lowest BCUT2D eigenvalue weighted by Crippen LogP contribution is -2.58. The summed E-state index contributed by atoms with van der Waals surface area (Å²) in [4.78, 5) is 14.7. The summed E-state index contributed by atoms with van der Waals surface area (Å²) in [7, 11) is 0. The Balaban J connectivity index is 1.70. The highest BCUT2D eigenvalue weighted by Gasteiger charge is 2.55. The van der Waals surface area contributed by atoms with Crippen LogP contribution in [0.15, 0.2) is 53.0 Å². The van der Waals surface area contributed by atoms with Crippen LogP contribution in [0.25, 0.3) is 0 Å². The molecule has 2 aromatic carbocycles. The van der Waals surface area contributed by atoms with Crippen molar-refractivity contribution in [3.05, 3.63) is 64.1 Å². The van der Waals surface area contributed by atoms with Gasteiger partial charge in [0.05, 0.1) is 12.1 Å². The Hall–Kier alpha value is -2.05. The van der Waals surface area contributed by atoms with Crippen molar-refractivity contribution in [1.29, 1.82) is 0 Å².